The van der Waals surface area contributed by atoms with Gasteiger partial charge in [-0.15, -0.1) is 0 Å². The predicted octanol–water partition coefficient (Wildman–Crippen LogP) is 1.98. The molecule has 0 bridgehead atoms. The molecule has 0 amide bonds. The quantitative estimate of drug-likeness (QED) is 0.657. The first kappa shape index (κ1) is 8.05. The number of allylic oxidation sites excluding steroid dienone is 4. The second-order valence-corrected chi connectivity index (χ2v) is 2.75. The van der Waals surface area contributed by atoms with E-state index in [1.165, 1.54) is 0 Å². The number of carbonyl (C=O) groups is 1. The minimum atomic E-state index is -0.707. The third kappa shape index (κ3) is 3.03. The zero-order valence-electron chi connectivity index (χ0n) is 6.36. The van der Waals surface area contributed by atoms with Gasteiger partial charge in [-0.05, 0) is 18.8 Å². The van der Waals surface area contributed by atoms with Crippen LogP contribution in [0.15, 0.2) is 24.3 Å². The van der Waals surface area contributed by atoms with E-state index in [9.17, 15) is 4.79 Å². The summed E-state index contributed by atoms with van der Waals surface area (Å²) in [4.78, 5) is 10.3. The van der Waals surface area contributed by atoms with Crippen molar-refractivity contribution in [2.45, 2.75) is 19.3 Å². The predicted molar refractivity (Wildman–Crippen MR) is 43.3 cm³/mol. The molecule has 1 unspecified atom stereocenters. The molecule has 2 heteroatoms. The van der Waals surface area contributed by atoms with E-state index >= 15 is 0 Å². The molecule has 1 atom stereocenters. The van der Waals surface area contributed by atoms with Crippen LogP contribution in [0.4, 0.5) is 0 Å². The van der Waals surface area contributed by atoms with Crippen LogP contribution in [0.25, 0.3) is 0 Å². The van der Waals surface area contributed by atoms with Gasteiger partial charge in [-0.25, -0.2) is 0 Å². The molecule has 1 aliphatic carbocycles. The van der Waals surface area contributed by atoms with Crippen molar-refractivity contribution in [1.82, 2.24) is 0 Å². The Balaban J connectivity index is 2.41. The maximum atomic E-state index is 10.3. The lowest BCUT2D eigenvalue weighted by Gasteiger charge is -2.05. The smallest absolute Gasteiger partial charge is 0.303 e. The van der Waals surface area contributed by atoms with E-state index in [1.54, 1.807) is 0 Å². The molecule has 0 spiro atoms. The van der Waals surface area contributed by atoms with Gasteiger partial charge in [0.1, 0.15) is 0 Å². The van der Waals surface area contributed by atoms with Crippen LogP contribution in [0.1, 0.15) is 19.3 Å². The van der Waals surface area contributed by atoms with Crippen molar-refractivity contribution in [3.63, 3.8) is 0 Å². The third-order valence-electron chi connectivity index (χ3n) is 1.77. The molecule has 2 nitrogen and oxygen atoms in total. The molecule has 0 aliphatic heterocycles. The van der Waals surface area contributed by atoms with E-state index in [0.29, 0.717) is 0 Å². The average Bonchev–Trinajstić information content (AvgIpc) is 2.14. The van der Waals surface area contributed by atoms with E-state index in [1.807, 2.05) is 18.2 Å². The summed E-state index contributed by atoms with van der Waals surface area (Å²) < 4.78 is 0. The van der Waals surface area contributed by atoms with Crippen LogP contribution in [0.3, 0.4) is 0 Å². The lowest BCUT2D eigenvalue weighted by Crippen LogP contribution is -2.04. The molecule has 0 saturated heterocycles. The van der Waals surface area contributed by atoms with Gasteiger partial charge in [0.15, 0.2) is 0 Å². The average molecular weight is 152 g/mol. The van der Waals surface area contributed by atoms with Crippen molar-refractivity contribution < 1.29 is 9.90 Å². The first-order valence-corrected chi connectivity index (χ1v) is 3.84. The summed E-state index contributed by atoms with van der Waals surface area (Å²) in [6.07, 6.45) is 10.2. The lowest BCUT2D eigenvalue weighted by molar-refractivity contribution is -0.137. The third-order valence-corrected chi connectivity index (χ3v) is 1.77. The molecule has 0 aromatic heterocycles. The van der Waals surface area contributed by atoms with E-state index in [-0.39, 0.29) is 12.3 Å². The van der Waals surface area contributed by atoms with Gasteiger partial charge in [0.05, 0.1) is 6.42 Å². The number of carboxylic acid groups (broad SMARTS) is 1. The standard InChI is InChI=1S/C9H12O2/c10-9(11)7-8-5-3-1-2-4-6-8/h1-3,5,8H,4,6-7H2,(H,10,11). The molecule has 0 aromatic rings. The van der Waals surface area contributed by atoms with Crippen molar-refractivity contribution in [1.29, 1.82) is 0 Å². The van der Waals surface area contributed by atoms with Crippen LogP contribution >= 0.6 is 0 Å². The summed E-state index contributed by atoms with van der Waals surface area (Å²) in [6.45, 7) is 0. The summed E-state index contributed by atoms with van der Waals surface area (Å²) in [7, 11) is 0. The Hall–Kier alpha value is -1.05. The summed E-state index contributed by atoms with van der Waals surface area (Å²) >= 11 is 0. The van der Waals surface area contributed by atoms with Crippen LogP contribution in [-0.2, 0) is 4.79 Å². The monoisotopic (exact) mass is 152 g/mol. The number of hydrogen-bond donors (Lipinski definition) is 1. The normalized spacial score (nSPS) is 23.1. The van der Waals surface area contributed by atoms with Crippen molar-refractivity contribution in [2.24, 2.45) is 5.92 Å². The molecule has 0 fully saturated rings. The van der Waals surface area contributed by atoms with Gasteiger partial charge >= 0.3 is 5.97 Å². The fraction of sp³-hybridized carbons (Fsp3) is 0.444. The Kier molecular flexibility index (Phi) is 2.90. The van der Waals surface area contributed by atoms with Crippen LogP contribution in [0, 0.1) is 5.92 Å². The van der Waals surface area contributed by atoms with Gasteiger partial charge in [0.25, 0.3) is 0 Å². The molecule has 0 aromatic carbocycles. The Labute approximate surface area is 66.2 Å². The maximum Gasteiger partial charge on any atom is 0.303 e. The number of rotatable bonds is 2. The molecule has 1 aliphatic rings. The summed E-state index contributed by atoms with van der Waals surface area (Å²) in [6, 6.07) is 0. The molecule has 11 heavy (non-hydrogen) atoms. The topological polar surface area (TPSA) is 37.3 Å². The van der Waals surface area contributed by atoms with Gasteiger partial charge in [-0.3, -0.25) is 4.79 Å². The zero-order valence-corrected chi connectivity index (χ0v) is 6.36. The van der Waals surface area contributed by atoms with Gasteiger partial charge in [0, 0.05) is 0 Å². The molecule has 60 valence electrons. The minimum absolute atomic E-state index is 0.225. The summed E-state index contributed by atoms with van der Waals surface area (Å²) in [5, 5.41) is 8.50. The Morgan fingerprint density at radius 3 is 3.09 bits per heavy atom. The first-order chi connectivity index (χ1) is 5.29. The SMILES string of the molecule is O=C(O)CC1C=CC=CCC1. The first-order valence-electron chi connectivity index (χ1n) is 3.84. The summed E-state index contributed by atoms with van der Waals surface area (Å²) in [5.74, 6) is -0.482. The molecule has 0 radical (unpaired) electrons. The van der Waals surface area contributed by atoms with Crippen LogP contribution in [0.2, 0.25) is 0 Å². The van der Waals surface area contributed by atoms with E-state index in [0.717, 1.165) is 12.8 Å². The molecule has 0 heterocycles. The van der Waals surface area contributed by atoms with E-state index in [2.05, 4.69) is 6.08 Å². The highest BCUT2D eigenvalue weighted by atomic mass is 16.4. The number of aliphatic carboxylic acids is 1. The van der Waals surface area contributed by atoms with E-state index < -0.39 is 5.97 Å². The van der Waals surface area contributed by atoms with Crippen molar-refractivity contribution in [3.8, 4) is 0 Å². The van der Waals surface area contributed by atoms with Crippen molar-refractivity contribution in [3.05, 3.63) is 24.3 Å². The second-order valence-electron chi connectivity index (χ2n) is 2.75. The largest absolute Gasteiger partial charge is 0.481 e. The Bertz CT molecular complexity index is 192. The molecular weight excluding hydrogens is 140 g/mol. The highest BCUT2D eigenvalue weighted by Gasteiger charge is 2.09. The highest BCUT2D eigenvalue weighted by molar-refractivity contribution is 5.67. The molecule has 1 rings (SSSR count). The van der Waals surface area contributed by atoms with E-state index in [4.69, 9.17) is 5.11 Å². The lowest BCUT2D eigenvalue weighted by atomic mass is 10.0. The second kappa shape index (κ2) is 3.96. The van der Waals surface area contributed by atoms with Crippen molar-refractivity contribution in [2.75, 3.05) is 0 Å². The molecular formula is C9H12O2. The summed E-state index contributed by atoms with van der Waals surface area (Å²) in [5.41, 5.74) is 0. The Morgan fingerprint density at radius 1 is 1.55 bits per heavy atom. The Morgan fingerprint density at radius 2 is 2.36 bits per heavy atom. The van der Waals surface area contributed by atoms with Gasteiger partial charge in [-0.1, -0.05) is 24.3 Å². The van der Waals surface area contributed by atoms with Crippen LogP contribution < -0.4 is 0 Å². The van der Waals surface area contributed by atoms with Crippen molar-refractivity contribution >= 4 is 5.97 Å². The van der Waals surface area contributed by atoms with Crippen LogP contribution in [0.5, 0.6) is 0 Å². The maximum absolute atomic E-state index is 10.3. The van der Waals surface area contributed by atoms with Gasteiger partial charge in [0.2, 0.25) is 0 Å². The number of carboxylic acids is 1. The molecule has 1 N–H and O–H groups in total. The number of hydrogen-bond acceptors (Lipinski definition) is 1. The molecule has 0 saturated carbocycles. The van der Waals surface area contributed by atoms with Crippen LogP contribution in [-0.4, -0.2) is 11.1 Å². The fourth-order valence-corrected chi connectivity index (χ4v) is 1.20. The minimum Gasteiger partial charge on any atom is -0.481 e. The fourth-order valence-electron chi connectivity index (χ4n) is 1.20. The zero-order chi connectivity index (χ0) is 8.10. The highest BCUT2D eigenvalue weighted by Crippen LogP contribution is 2.15. The van der Waals surface area contributed by atoms with Gasteiger partial charge < -0.3 is 5.11 Å². The van der Waals surface area contributed by atoms with Gasteiger partial charge in [-0.2, -0.15) is 0 Å².